The lowest BCUT2D eigenvalue weighted by molar-refractivity contribution is -0.170. The number of Topliss-reactive ketones (excluding diaryl/α,β-unsaturated/α-hetero) is 1. The average Bonchev–Trinajstić information content (AvgIpc) is 2.79. The van der Waals surface area contributed by atoms with Gasteiger partial charge in [-0.2, -0.15) is 0 Å². The van der Waals surface area contributed by atoms with E-state index in [0.717, 1.165) is 50.5 Å². The Kier molecular flexibility index (Phi) is 5.47. The molecule has 5 aliphatic carbocycles. The van der Waals surface area contributed by atoms with E-state index in [4.69, 9.17) is 6.57 Å². The maximum Gasteiger partial charge on any atom is 0.303 e. The zero-order valence-corrected chi connectivity index (χ0v) is 23.7. The lowest BCUT2D eigenvalue weighted by Crippen LogP contribution is -2.64. The van der Waals surface area contributed by atoms with Gasteiger partial charge in [-0.3, -0.25) is 9.59 Å². The van der Waals surface area contributed by atoms with Crippen LogP contribution in [-0.4, -0.2) is 22.6 Å². The highest BCUT2D eigenvalue weighted by Gasteiger charge is 2.69. The Morgan fingerprint density at radius 3 is 2.30 bits per heavy atom. The fourth-order valence-corrected chi connectivity index (χ4v) is 10.3. The Hall–Kier alpha value is -2.22. The zero-order chi connectivity index (χ0) is 27.4. The van der Waals surface area contributed by atoms with Crippen LogP contribution in [0.2, 0.25) is 0 Å². The number of hydrogen-bond donors (Lipinski definition) is 1. The van der Waals surface area contributed by atoms with E-state index in [1.54, 1.807) is 0 Å². The van der Waals surface area contributed by atoms with E-state index in [0.29, 0.717) is 0 Å². The molecule has 5 aliphatic rings. The molecule has 0 amide bonds. The third kappa shape index (κ3) is 3.29. The number of carboxylic acids is 1. The summed E-state index contributed by atoms with van der Waals surface area (Å²) in [7, 11) is 0. The van der Waals surface area contributed by atoms with Crippen LogP contribution in [0, 0.1) is 56.8 Å². The van der Waals surface area contributed by atoms with Crippen LogP contribution >= 0.6 is 0 Å². The minimum Gasteiger partial charge on any atom is -0.481 e. The van der Waals surface area contributed by atoms with E-state index < -0.39 is 16.8 Å². The Balaban J connectivity index is 1.65. The quantitative estimate of drug-likeness (QED) is 0.409. The van der Waals surface area contributed by atoms with Crippen molar-refractivity contribution in [1.82, 2.24) is 0 Å². The molecule has 5 heteroatoms. The maximum absolute atomic E-state index is 14.3. The van der Waals surface area contributed by atoms with E-state index in [-0.39, 0.29) is 63.1 Å². The second-order valence-corrected chi connectivity index (χ2v) is 15.1. The lowest BCUT2D eigenvalue weighted by atomic mass is 9.34. The summed E-state index contributed by atoms with van der Waals surface area (Å²) in [5.41, 5.74) is -0.541. The molecule has 0 unspecified atom stereocenters. The number of carbonyl (C=O) groups excluding carboxylic acids is 2. The van der Waals surface area contributed by atoms with Crippen molar-refractivity contribution in [3.05, 3.63) is 34.8 Å². The van der Waals surface area contributed by atoms with Crippen molar-refractivity contribution in [2.45, 2.75) is 99.8 Å². The number of ketones is 2. The second-order valence-electron chi connectivity index (χ2n) is 15.1. The van der Waals surface area contributed by atoms with Crippen LogP contribution in [0.1, 0.15) is 99.8 Å². The van der Waals surface area contributed by atoms with E-state index >= 15 is 0 Å². The van der Waals surface area contributed by atoms with Crippen molar-refractivity contribution < 1.29 is 19.5 Å². The summed E-state index contributed by atoms with van der Waals surface area (Å²) in [6, 6.07) is 0. The molecule has 0 heterocycles. The van der Waals surface area contributed by atoms with Crippen LogP contribution in [0.4, 0.5) is 0 Å². The summed E-state index contributed by atoms with van der Waals surface area (Å²) in [5, 5.41) is 9.64. The highest BCUT2D eigenvalue weighted by Crippen LogP contribution is 2.74. The predicted molar refractivity (Wildman–Crippen MR) is 142 cm³/mol. The summed E-state index contributed by atoms with van der Waals surface area (Å²) >= 11 is 0. The molecule has 8 atom stereocenters. The standard InChI is InChI=1S/C32H43NO4/c1-27(2)22-9-10-31(6)23(30(22,5)17-20(33-8)26(27)37)15-21(34)25-19-16-28(3,18-24(35)36)11-12-29(19,4)13-14-32(25,31)7/h15,17,19,22,25H,9-14,16,18H2,1-7H3,(H,35,36)/t19-,22-,25-,28-,29+,30-,31+,32+/m0/s1. The average molecular weight is 506 g/mol. The molecule has 0 aromatic rings. The number of fused-ring (bicyclic) bond motifs is 7. The van der Waals surface area contributed by atoms with Crippen molar-refractivity contribution in [2.75, 3.05) is 0 Å². The van der Waals surface area contributed by atoms with Crippen LogP contribution in [0.5, 0.6) is 0 Å². The molecule has 37 heavy (non-hydrogen) atoms. The zero-order valence-electron chi connectivity index (χ0n) is 23.7. The molecule has 0 saturated heterocycles. The molecule has 0 bridgehead atoms. The van der Waals surface area contributed by atoms with Crippen molar-refractivity contribution in [1.29, 1.82) is 0 Å². The second kappa shape index (κ2) is 7.67. The van der Waals surface area contributed by atoms with Gasteiger partial charge in [0.2, 0.25) is 5.70 Å². The first-order valence-electron chi connectivity index (χ1n) is 14.1. The van der Waals surface area contributed by atoms with E-state index in [1.807, 2.05) is 26.0 Å². The van der Waals surface area contributed by atoms with Crippen molar-refractivity contribution in [3.63, 3.8) is 0 Å². The topological polar surface area (TPSA) is 75.8 Å². The van der Waals surface area contributed by atoms with Crippen molar-refractivity contribution in [3.8, 4) is 0 Å². The van der Waals surface area contributed by atoms with Gasteiger partial charge in [-0.15, -0.1) is 0 Å². The molecule has 0 spiro atoms. The Morgan fingerprint density at radius 1 is 1.03 bits per heavy atom. The van der Waals surface area contributed by atoms with Crippen LogP contribution < -0.4 is 0 Å². The van der Waals surface area contributed by atoms with Gasteiger partial charge in [-0.25, -0.2) is 4.85 Å². The van der Waals surface area contributed by atoms with Crippen molar-refractivity contribution in [2.24, 2.45) is 50.2 Å². The highest BCUT2D eigenvalue weighted by atomic mass is 16.4. The number of allylic oxidation sites excluding steroid dienone is 4. The minimum atomic E-state index is -0.753. The van der Waals surface area contributed by atoms with E-state index in [1.165, 1.54) is 0 Å². The third-order valence-corrected chi connectivity index (χ3v) is 12.7. The summed E-state index contributed by atoms with van der Waals surface area (Å²) in [4.78, 5) is 42.9. The minimum absolute atomic E-state index is 0.0488. The Bertz CT molecular complexity index is 1200. The maximum atomic E-state index is 14.3. The number of hydrogen-bond acceptors (Lipinski definition) is 3. The smallest absolute Gasteiger partial charge is 0.303 e. The first-order chi connectivity index (χ1) is 17.0. The number of carbonyl (C=O) groups is 3. The summed E-state index contributed by atoms with van der Waals surface area (Å²) in [6.07, 6.45) is 10.5. The molecule has 0 aliphatic heterocycles. The van der Waals surface area contributed by atoms with Crippen LogP contribution in [0.15, 0.2) is 23.4 Å². The summed E-state index contributed by atoms with van der Waals surface area (Å²) < 4.78 is 0. The SMILES string of the molecule is [C-]#[N+]C1=C[C@]2(C)C3=CC(=O)[C@@H]4[C@@H]5C[C@@](C)(CC(=O)O)CC[C@]5(C)CC[C@@]4(C)[C@]3(C)CC[C@H]2C(C)(C)C1=O. The molecule has 3 fully saturated rings. The van der Waals surface area contributed by atoms with Crippen LogP contribution in [-0.2, 0) is 14.4 Å². The summed E-state index contributed by atoms with van der Waals surface area (Å²) in [5.74, 6) is -0.565. The van der Waals surface area contributed by atoms with Gasteiger partial charge in [0.25, 0.3) is 0 Å². The monoisotopic (exact) mass is 505 g/mol. The van der Waals surface area contributed by atoms with Gasteiger partial charge in [-0.05, 0) is 84.5 Å². The van der Waals surface area contributed by atoms with E-state index in [2.05, 4.69) is 39.5 Å². The Labute approximate surface area is 222 Å². The molecule has 0 aromatic carbocycles. The molecule has 0 aromatic heterocycles. The first-order valence-corrected chi connectivity index (χ1v) is 14.1. The number of carboxylic acid groups (broad SMARTS) is 1. The molecule has 1 N–H and O–H groups in total. The van der Waals surface area contributed by atoms with Gasteiger partial charge in [0.1, 0.15) is 0 Å². The predicted octanol–water partition coefficient (Wildman–Crippen LogP) is 7.03. The largest absolute Gasteiger partial charge is 0.481 e. The molecular weight excluding hydrogens is 462 g/mol. The molecule has 0 radical (unpaired) electrons. The van der Waals surface area contributed by atoms with E-state index in [9.17, 15) is 19.5 Å². The van der Waals surface area contributed by atoms with Crippen LogP contribution in [0.25, 0.3) is 4.85 Å². The van der Waals surface area contributed by atoms with Gasteiger partial charge in [0.05, 0.1) is 13.0 Å². The van der Waals surface area contributed by atoms with Crippen molar-refractivity contribution >= 4 is 17.5 Å². The normalized spacial score (nSPS) is 48.3. The van der Waals surface area contributed by atoms with Crippen LogP contribution in [0.3, 0.4) is 0 Å². The molecule has 3 saturated carbocycles. The molecule has 5 nitrogen and oxygen atoms in total. The number of nitrogens with zero attached hydrogens (tertiary/aromatic N) is 1. The third-order valence-electron chi connectivity index (χ3n) is 12.7. The fourth-order valence-electron chi connectivity index (χ4n) is 10.3. The number of aliphatic carboxylic acids is 1. The highest BCUT2D eigenvalue weighted by molar-refractivity contribution is 6.03. The summed E-state index contributed by atoms with van der Waals surface area (Å²) in [6.45, 7) is 22.9. The van der Waals surface area contributed by atoms with Gasteiger partial charge < -0.3 is 9.90 Å². The van der Waals surface area contributed by atoms with Gasteiger partial charge in [0.15, 0.2) is 11.6 Å². The molecular formula is C32H43NO4. The molecule has 5 rings (SSSR count). The van der Waals surface area contributed by atoms with Gasteiger partial charge >= 0.3 is 5.97 Å². The van der Waals surface area contributed by atoms with Gasteiger partial charge in [-0.1, -0.05) is 60.1 Å². The molecule has 200 valence electrons. The van der Waals surface area contributed by atoms with Gasteiger partial charge in [0, 0.05) is 16.7 Å². The number of rotatable bonds is 2. The first kappa shape index (κ1) is 26.4. The fraction of sp³-hybridized carbons (Fsp3) is 0.750. The lowest BCUT2D eigenvalue weighted by Gasteiger charge is -2.69. The Morgan fingerprint density at radius 2 is 1.68 bits per heavy atom.